The van der Waals surface area contributed by atoms with Crippen molar-refractivity contribution < 1.29 is 4.74 Å². The largest absolute Gasteiger partial charge is 0.371 e. The van der Waals surface area contributed by atoms with Gasteiger partial charge in [-0.25, -0.2) is 9.97 Å². The monoisotopic (exact) mass is 325 g/mol. The molecule has 6 nitrogen and oxygen atoms in total. The van der Waals surface area contributed by atoms with Gasteiger partial charge in [-0.3, -0.25) is 9.88 Å². The van der Waals surface area contributed by atoms with E-state index in [1.54, 1.807) is 12.4 Å². The van der Waals surface area contributed by atoms with Gasteiger partial charge in [0.25, 0.3) is 0 Å². The minimum Gasteiger partial charge on any atom is -0.371 e. The van der Waals surface area contributed by atoms with Crippen LogP contribution in [0.1, 0.15) is 24.8 Å². The zero-order chi connectivity index (χ0) is 16.2. The van der Waals surface area contributed by atoms with Crippen molar-refractivity contribution in [2.45, 2.75) is 37.5 Å². The molecule has 2 fully saturated rings. The van der Waals surface area contributed by atoms with E-state index in [0.717, 1.165) is 39.1 Å². The average molecular weight is 325 g/mol. The summed E-state index contributed by atoms with van der Waals surface area (Å²) in [7, 11) is 0. The Bertz CT molecular complexity index is 653. The topological polar surface area (TPSA) is 63.2 Å². The molecule has 2 aliphatic rings. The van der Waals surface area contributed by atoms with E-state index in [2.05, 4.69) is 31.2 Å². The highest BCUT2D eigenvalue weighted by molar-refractivity contribution is 5.25. The Balaban J connectivity index is 1.37. The van der Waals surface area contributed by atoms with E-state index >= 15 is 0 Å². The number of ether oxygens (including phenoxy) is 1. The molecule has 2 aromatic rings. The third-order valence-electron chi connectivity index (χ3n) is 4.86. The van der Waals surface area contributed by atoms with Gasteiger partial charge < -0.3 is 10.1 Å². The van der Waals surface area contributed by atoms with Crippen molar-refractivity contribution in [1.29, 1.82) is 0 Å². The van der Waals surface area contributed by atoms with E-state index in [9.17, 15) is 0 Å². The van der Waals surface area contributed by atoms with Crippen LogP contribution in [0, 0.1) is 0 Å². The number of piperidine rings is 1. The Morgan fingerprint density at radius 1 is 1.25 bits per heavy atom. The molecule has 24 heavy (non-hydrogen) atoms. The smallest absolute Gasteiger partial charge is 0.222 e. The molecular formula is C18H23N5O. The normalized spacial score (nSPS) is 27.4. The van der Waals surface area contributed by atoms with Crippen molar-refractivity contribution in [3.8, 4) is 0 Å². The van der Waals surface area contributed by atoms with Gasteiger partial charge in [-0.2, -0.15) is 0 Å². The van der Waals surface area contributed by atoms with Crippen LogP contribution in [-0.2, 0) is 11.3 Å². The summed E-state index contributed by atoms with van der Waals surface area (Å²) in [6.07, 6.45) is 10.6. The van der Waals surface area contributed by atoms with E-state index in [-0.39, 0.29) is 11.6 Å². The number of hydrogen-bond donors (Lipinski definition) is 1. The maximum Gasteiger partial charge on any atom is 0.222 e. The Kier molecular flexibility index (Phi) is 4.40. The molecule has 126 valence electrons. The number of likely N-dealkylation sites (tertiary alicyclic amines) is 1. The van der Waals surface area contributed by atoms with E-state index < -0.39 is 0 Å². The molecule has 0 bridgehead atoms. The van der Waals surface area contributed by atoms with Crippen molar-refractivity contribution in [2.75, 3.05) is 25.0 Å². The third-order valence-corrected chi connectivity index (χ3v) is 4.86. The molecule has 1 N–H and O–H groups in total. The zero-order valence-corrected chi connectivity index (χ0v) is 13.8. The van der Waals surface area contributed by atoms with Crippen LogP contribution in [0.25, 0.3) is 0 Å². The Morgan fingerprint density at radius 2 is 2.17 bits per heavy atom. The Labute approximate surface area is 142 Å². The van der Waals surface area contributed by atoms with Gasteiger partial charge in [-0.1, -0.05) is 6.07 Å². The predicted octanol–water partition coefficient (Wildman–Crippen LogP) is 2.11. The fourth-order valence-corrected chi connectivity index (χ4v) is 3.85. The number of nitrogens with zero attached hydrogens (tertiary/aromatic N) is 4. The van der Waals surface area contributed by atoms with Crippen LogP contribution in [0.3, 0.4) is 0 Å². The van der Waals surface area contributed by atoms with Crippen LogP contribution in [0.15, 0.2) is 43.0 Å². The number of anilines is 1. The van der Waals surface area contributed by atoms with Gasteiger partial charge in [-0.15, -0.1) is 0 Å². The third kappa shape index (κ3) is 3.55. The first-order valence-corrected chi connectivity index (χ1v) is 8.60. The van der Waals surface area contributed by atoms with Crippen molar-refractivity contribution in [3.63, 3.8) is 0 Å². The number of nitrogens with one attached hydrogen (secondary N) is 1. The molecular weight excluding hydrogens is 302 g/mol. The maximum absolute atomic E-state index is 6.26. The van der Waals surface area contributed by atoms with Crippen LogP contribution in [-0.4, -0.2) is 51.2 Å². The van der Waals surface area contributed by atoms with Crippen LogP contribution in [0.2, 0.25) is 0 Å². The Morgan fingerprint density at radius 3 is 3.00 bits per heavy atom. The molecule has 2 atom stereocenters. The molecule has 0 radical (unpaired) electrons. The average Bonchev–Trinajstić information content (AvgIpc) is 2.98. The van der Waals surface area contributed by atoms with Gasteiger partial charge in [0.1, 0.15) is 0 Å². The van der Waals surface area contributed by atoms with E-state index in [4.69, 9.17) is 4.74 Å². The number of aromatic nitrogens is 3. The van der Waals surface area contributed by atoms with Crippen molar-refractivity contribution >= 4 is 5.95 Å². The second-order valence-corrected chi connectivity index (χ2v) is 6.79. The lowest BCUT2D eigenvalue weighted by atomic mass is 9.88. The van der Waals surface area contributed by atoms with Gasteiger partial charge in [0.05, 0.1) is 18.2 Å². The van der Waals surface area contributed by atoms with E-state index in [1.807, 2.05) is 24.5 Å². The van der Waals surface area contributed by atoms with Gasteiger partial charge >= 0.3 is 0 Å². The summed E-state index contributed by atoms with van der Waals surface area (Å²) in [5, 5.41) is 3.40. The summed E-state index contributed by atoms with van der Waals surface area (Å²) in [6.45, 7) is 3.77. The molecule has 4 rings (SSSR count). The molecule has 0 saturated carbocycles. The first-order valence-electron chi connectivity index (χ1n) is 8.60. The quantitative estimate of drug-likeness (QED) is 0.929. The SMILES string of the molecule is c1cnc(NC2COC3(CCCN(Cc4cccnc4)C3)C2)nc1. The first-order chi connectivity index (χ1) is 11.8. The fraction of sp³-hybridized carbons (Fsp3) is 0.500. The summed E-state index contributed by atoms with van der Waals surface area (Å²) < 4.78 is 6.26. The number of hydrogen-bond acceptors (Lipinski definition) is 6. The summed E-state index contributed by atoms with van der Waals surface area (Å²) in [6, 6.07) is 6.25. The van der Waals surface area contributed by atoms with Crippen molar-refractivity contribution in [1.82, 2.24) is 19.9 Å². The van der Waals surface area contributed by atoms with Crippen molar-refractivity contribution in [3.05, 3.63) is 48.5 Å². The summed E-state index contributed by atoms with van der Waals surface area (Å²) in [5.41, 5.74) is 1.23. The maximum atomic E-state index is 6.26. The number of pyridine rings is 1. The Hall–Kier alpha value is -2.05. The highest BCUT2D eigenvalue weighted by Crippen LogP contribution is 2.35. The number of rotatable bonds is 4. The molecule has 4 heterocycles. The van der Waals surface area contributed by atoms with Crippen LogP contribution in [0.4, 0.5) is 5.95 Å². The molecule has 2 aromatic heterocycles. The second-order valence-electron chi connectivity index (χ2n) is 6.79. The van der Waals surface area contributed by atoms with Crippen molar-refractivity contribution in [2.24, 2.45) is 0 Å². The lowest BCUT2D eigenvalue weighted by molar-refractivity contribution is -0.0533. The molecule has 2 unspecified atom stereocenters. The molecule has 6 heteroatoms. The van der Waals surface area contributed by atoms with Crippen LogP contribution < -0.4 is 5.32 Å². The second kappa shape index (κ2) is 6.83. The summed E-state index contributed by atoms with van der Waals surface area (Å²) in [5.74, 6) is 0.686. The first kappa shape index (κ1) is 15.5. The lowest BCUT2D eigenvalue weighted by Gasteiger charge is -2.39. The van der Waals surface area contributed by atoms with E-state index in [1.165, 1.54) is 12.0 Å². The van der Waals surface area contributed by atoms with Crippen LogP contribution in [0.5, 0.6) is 0 Å². The molecule has 2 saturated heterocycles. The standard InChI is InChI=1S/C18H23N5O/c1-4-15(11-19-6-1)12-23-9-2-5-18(14-23)10-16(13-24-18)22-17-20-7-3-8-21-17/h1,3-4,6-8,11,16H,2,5,9-10,12-14H2,(H,20,21,22). The minimum absolute atomic E-state index is 0.0348. The predicted molar refractivity (Wildman–Crippen MR) is 91.5 cm³/mol. The van der Waals surface area contributed by atoms with E-state index in [0.29, 0.717) is 5.95 Å². The lowest BCUT2D eigenvalue weighted by Crippen LogP contribution is -2.47. The van der Waals surface area contributed by atoms with Gasteiger partial charge in [-0.05, 0) is 37.1 Å². The molecule has 0 aromatic carbocycles. The fourth-order valence-electron chi connectivity index (χ4n) is 3.85. The van der Waals surface area contributed by atoms with Gasteiger partial charge in [0, 0.05) is 44.3 Å². The molecule has 0 aliphatic carbocycles. The van der Waals surface area contributed by atoms with Crippen LogP contribution >= 0.6 is 0 Å². The van der Waals surface area contributed by atoms with Gasteiger partial charge in [0.15, 0.2) is 0 Å². The molecule has 1 spiro atoms. The minimum atomic E-state index is -0.0348. The highest BCUT2D eigenvalue weighted by Gasteiger charge is 2.43. The molecule has 2 aliphatic heterocycles. The summed E-state index contributed by atoms with van der Waals surface area (Å²) in [4.78, 5) is 15.2. The highest BCUT2D eigenvalue weighted by atomic mass is 16.5. The van der Waals surface area contributed by atoms with Gasteiger partial charge in [0.2, 0.25) is 5.95 Å². The zero-order valence-electron chi connectivity index (χ0n) is 13.8. The summed E-state index contributed by atoms with van der Waals surface area (Å²) >= 11 is 0. The molecule has 0 amide bonds.